The number of carbonyl (C=O) groups excluding carboxylic acids is 1. The molecule has 3 rings (SSSR count). The number of rotatable bonds is 3. The fourth-order valence-corrected chi connectivity index (χ4v) is 3.42. The van der Waals surface area contributed by atoms with Crippen LogP contribution in [0.2, 0.25) is 5.15 Å². The molecule has 1 saturated carbocycles. The van der Waals surface area contributed by atoms with Crippen LogP contribution < -0.4 is 0 Å². The van der Waals surface area contributed by atoms with E-state index < -0.39 is 5.41 Å². The number of hydrogen-bond donors (Lipinski definition) is 0. The van der Waals surface area contributed by atoms with Crippen molar-refractivity contribution in [2.75, 3.05) is 0 Å². The molecule has 2 heterocycles. The van der Waals surface area contributed by atoms with Gasteiger partial charge in [-0.2, -0.15) is 0 Å². The summed E-state index contributed by atoms with van der Waals surface area (Å²) in [5, 5.41) is 0.446. The van der Waals surface area contributed by atoms with Crippen molar-refractivity contribution in [3.05, 3.63) is 29.6 Å². The zero-order chi connectivity index (χ0) is 15.9. The van der Waals surface area contributed by atoms with Crippen molar-refractivity contribution in [3.8, 4) is 0 Å². The molecule has 0 bridgehead atoms. The summed E-state index contributed by atoms with van der Waals surface area (Å²) in [5.41, 5.74) is 0.370. The Morgan fingerprint density at radius 3 is 3.00 bits per heavy atom. The first kappa shape index (κ1) is 15.3. The molecule has 118 valence electrons. The zero-order valence-electron chi connectivity index (χ0n) is 13.0. The standard InChI is InChI=1S/C16H20ClN3O2/c1-10(2)22-15(21)16(3)5-4-11(8-16)14-19-9-12-13(17)18-6-7-20(12)14/h6-7,9-11H,4-5,8H2,1-3H3. The normalized spacial score (nSPS) is 25.0. The molecule has 5 nitrogen and oxygen atoms in total. The van der Waals surface area contributed by atoms with E-state index in [0.29, 0.717) is 5.15 Å². The molecule has 0 spiro atoms. The number of carbonyl (C=O) groups is 1. The minimum absolute atomic E-state index is 0.0829. The lowest BCUT2D eigenvalue weighted by Crippen LogP contribution is -2.29. The summed E-state index contributed by atoms with van der Waals surface area (Å²) in [7, 11) is 0. The summed E-state index contributed by atoms with van der Waals surface area (Å²) in [6.07, 6.45) is 7.68. The van der Waals surface area contributed by atoms with Crippen molar-refractivity contribution >= 4 is 23.1 Å². The van der Waals surface area contributed by atoms with Gasteiger partial charge in [0.05, 0.1) is 17.7 Å². The average molecular weight is 322 g/mol. The topological polar surface area (TPSA) is 56.5 Å². The Morgan fingerprint density at radius 1 is 1.50 bits per heavy atom. The number of imidazole rings is 1. The third kappa shape index (κ3) is 2.58. The maximum Gasteiger partial charge on any atom is 0.312 e. The van der Waals surface area contributed by atoms with Gasteiger partial charge >= 0.3 is 5.97 Å². The van der Waals surface area contributed by atoms with Crippen LogP contribution in [0.5, 0.6) is 0 Å². The number of aromatic nitrogens is 3. The van der Waals surface area contributed by atoms with E-state index in [0.717, 1.165) is 30.6 Å². The molecule has 2 aromatic rings. The zero-order valence-corrected chi connectivity index (χ0v) is 13.8. The maximum atomic E-state index is 12.3. The fraction of sp³-hybridized carbons (Fsp3) is 0.562. The quantitative estimate of drug-likeness (QED) is 0.810. The second-order valence-corrected chi connectivity index (χ2v) is 6.90. The van der Waals surface area contributed by atoms with Crippen molar-refractivity contribution in [2.24, 2.45) is 5.41 Å². The monoisotopic (exact) mass is 321 g/mol. The maximum absolute atomic E-state index is 12.3. The molecule has 0 N–H and O–H groups in total. The van der Waals surface area contributed by atoms with E-state index in [4.69, 9.17) is 16.3 Å². The molecule has 0 aromatic carbocycles. The van der Waals surface area contributed by atoms with Crippen LogP contribution in [0.4, 0.5) is 0 Å². The molecule has 1 fully saturated rings. The number of hydrogen-bond acceptors (Lipinski definition) is 4. The molecule has 2 atom stereocenters. The van der Waals surface area contributed by atoms with Gasteiger partial charge in [-0.15, -0.1) is 0 Å². The predicted octanol–water partition coefficient (Wildman–Crippen LogP) is 3.61. The molecular formula is C16H20ClN3O2. The molecule has 0 amide bonds. The van der Waals surface area contributed by atoms with Crippen LogP contribution in [0.25, 0.3) is 5.52 Å². The Kier molecular flexibility index (Phi) is 3.85. The van der Waals surface area contributed by atoms with Crippen LogP contribution in [-0.4, -0.2) is 26.4 Å². The summed E-state index contributed by atoms with van der Waals surface area (Å²) in [6.45, 7) is 5.75. The first-order chi connectivity index (χ1) is 10.4. The van der Waals surface area contributed by atoms with Gasteiger partial charge in [-0.25, -0.2) is 9.97 Å². The fourth-order valence-electron chi connectivity index (χ4n) is 3.22. The van der Waals surface area contributed by atoms with Crippen molar-refractivity contribution in [1.29, 1.82) is 0 Å². The second kappa shape index (κ2) is 5.54. The summed E-state index contributed by atoms with van der Waals surface area (Å²) in [4.78, 5) is 20.9. The van der Waals surface area contributed by atoms with Crippen LogP contribution in [0.1, 0.15) is 51.8 Å². The van der Waals surface area contributed by atoms with Gasteiger partial charge in [-0.1, -0.05) is 11.6 Å². The lowest BCUT2D eigenvalue weighted by atomic mass is 9.87. The van der Waals surface area contributed by atoms with Crippen LogP contribution in [-0.2, 0) is 9.53 Å². The minimum atomic E-state index is -0.433. The Labute approximate surface area is 134 Å². The summed E-state index contributed by atoms with van der Waals surface area (Å²) >= 11 is 6.09. The van der Waals surface area contributed by atoms with Crippen molar-refractivity contribution < 1.29 is 9.53 Å². The highest BCUT2D eigenvalue weighted by Crippen LogP contribution is 2.47. The average Bonchev–Trinajstić information content (AvgIpc) is 3.03. The van der Waals surface area contributed by atoms with Gasteiger partial charge in [0.15, 0.2) is 5.15 Å². The van der Waals surface area contributed by atoms with Gasteiger partial charge in [0.2, 0.25) is 0 Å². The lowest BCUT2D eigenvalue weighted by Gasteiger charge is -2.23. The smallest absolute Gasteiger partial charge is 0.312 e. The largest absolute Gasteiger partial charge is 0.463 e. The van der Waals surface area contributed by atoms with E-state index in [1.807, 2.05) is 31.4 Å². The number of fused-ring (bicyclic) bond motifs is 1. The van der Waals surface area contributed by atoms with E-state index >= 15 is 0 Å². The number of nitrogens with zero attached hydrogens (tertiary/aromatic N) is 3. The molecule has 0 aliphatic heterocycles. The van der Waals surface area contributed by atoms with Gasteiger partial charge < -0.3 is 4.74 Å². The second-order valence-electron chi connectivity index (χ2n) is 6.54. The highest BCUT2D eigenvalue weighted by molar-refractivity contribution is 6.32. The van der Waals surface area contributed by atoms with E-state index in [2.05, 4.69) is 9.97 Å². The van der Waals surface area contributed by atoms with Gasteiger partial charge in [0.1, 0.15) is 11.3 Å². The molecule has 2 unspecified atom stereocenters. The van der Waals surface area contributed by atoms with Crippen molar-refractivity contribution in [2.45, 2.75) is 52.1 Å². The van der Waals surface area contributed by atoms with Crippen molar-refractivity contribution in [1.82, 2.24) is 14.4 Å². The molecule has 6 heteroatoms. The van der Waals surface area contributed by atoms with E-state index in [1.165, 1.54) is 0 Å². The molecule has 2 aromatic heterocycles. The molecule has 1 aliphatic carbocycles. The number of halogens is 1. The SMILES string of the molecule is CC(C)OC(=O)C1(C)CCC(c2ncc3c(Cl)nccn23)C1. The third-order valence-corrected chi connectivity index (χ3v) is 4.67. The lowest BCUT2D eigenvalue weighted by molar-refractivity contribution is -0.158. The Hall–Kier alpha value is -1.62. The molecule has 0 radical (unpaired) electrons. The molecule has 0 saturated heterocycles. The van der Waals surface area contributed by atoms with Crippen LogP contribution in [0.15, 0.2) is 18.6 Å². The van der Waals surface area contributed by atoms with E-state index in [1.54, 1.807) is 12.4 Å². The molecular weight excluding hydrogens is 302 g/mol. The predicted molar refractivity (Wildman–Crippen MR) is 83.9 cm³/mol. The van der Waals surface area contributed by atoms with Crippen LogP contribution in [0.3, 0.4) is 0 Å². The first-order valence-electron chi connectivity index (χ1n) is 7.59. The Bertz CT molecular complexity index is 712. The van der Waals surface area contributed by atoms with Gasteiger partial charge in [-0.3, -0.25) is 9.20 Å². The Balaban J connectivity index is 1.85. The highest BCUT2D eigenvalue weighted by Gasteiger charge is 2.44. The van der Waals surface area contributed by atoms with E-state index in [-0.39, 0.29) is 18.0 Å². The summed E-state index contributed by atoms with van der Waals surface area (Å²) in [5.74, 6) is 1.07. The molecule has 1 aliphatic rings. The number of ether oxygens (including phenoxy) is 1. The van der Waals surface area contributed by atoms with Crippen LogP contribution >= 0.6 is 11.6 Å². The van der Waals surface area contributed by atoms with E-state index in [9.17, 15) is 4.79 Å². The van der Waals surface area contributed by atoms with Crippen LogP contribution in [0, 0.1) is 5.41 Å². The van der Waals surface area contributed by atoms with Gasteiger partial charge in [0.25, 0.3) is 0 Å². The minimum Gasteiger partial charge on any atom is -0.463 e. The van der Waals surface area contributed by atoms with Crippen molar-refractivity contribution in [3.63, 3.8) is 0 Å². The van der Waals surface area contributed by atoms with Gasteiger partial charge in [-0.05, 0) is 40.0 Å². The summed E-state index contributed by atoms with van der Waals surface area (Å²) in [6, 6.07) is 0. The number of esters is 1. The third-order valence-electron chi connectivity index (χ3n) is 4.38. The highest BCUT2D eigenvalue weighted by atomic mass is 35.5. The van der Waals surface area contributed by atoms with Gasteiger partial charge in [0, 0.05) is 18.3 Å². The molecule has 22 heavy (non-hydrogen) atoms. The first-order valence-corrected chi connectivity index (χ1v) is 7.97. The Morgan fingerprint density at radius 2 is 2.27 bits per heavy atom. The summed E-state index contributed by atoms with van der Waals surface area (Å²) < 4.78 is 7.38.